The molecule has 16 heavy (non-hydrogen) atoms. The van der Waals surface area contributed by atoms with Gasteiger partial charge in [-0.15, -0.1) is 0 Å². The Labute approximate surface area is 99.3 Å². The lowest BCUT2D eigenvalue weighted by molar-refractivity contribution is 0.483. The number of nitrogens with zero attached hydrogens (tertiary/aromatic N) is 4. The van der Waals surface area contributed by atoms with Crippen LogP contribution >= 0.6 is 11.6 Å². The smallest absolute Gasteiger partial charge is 0.163 e. The molecule has 0 unspecified atom stereocenters. The molecular formula is C11H13ClN4. The first-order valence-corrected chi connectivity index (χ1v) is 5.54. The maximum atomic E-state index is 5.81. The maximum Gasteiger partial charge on any atom is 0.163 e. The second-order valence-corrected chi connectivity index (χ2v) is 4.44. The molecule has 0 atom stereocenters. The normalized spacial score (nSPS) is 11.0. The lowest BCUT2D eigenvalue weighted by Crippen LogP contribution is -2.04. The van der Waals surface area contributed by atoms with Gasteiger partial charge < -0.3 is 0 Å². The van der Waals surface area contributed by atoms with Gasteiger partial charge in [0.25, 0.3) is 0 Å². The van der Waals surface area contributed by atoms with Crippen LogP contribution in [0.4, 0.5) is 0 Å². The van der Waals surface area contributed by atoms with Crippen molar-refractivity contribution in [2.45, 2.75) is 20.4 Å². The molecule has 84 valence electrons. The molecule has 4 nitrogen and oxygen atoms in total. The fraction of sp³-hybridized carbons (Fsp3) is 0.364. The molecule has 0 fully saturated rings. The van der Waals surface area contributed by atoms with E-state index in [0.717, 1.165) is 12.1 Å². The van der Waals surface area contributed by atoms with Gasteiger partial charge in [-0.25, -0.2) is 9.97 Å². The van der Waals surface area contributed by atoms with Gasteiger partial charge in [0.15, 0.2) is 5.82 Å². The van der Waals surface area contributed by atoms with E-state index in [1.807, 2.05) is 10.9 Å². The summed E-state index contributed by atoms with van der Waals surface area (Å²) in [4.78, 5) is 8.29. The average Bonchev–Trinajstić information content (AvgIpc) is 2.65. The number of hydrogen-bond acceptors (Lipinski definition) is 3. The Morgan fingerprint density at radius 2 is 2.25 bits per heavy atom. The third kappa shape index (κ3) is 2.58. The van der Waals surface area contributed by atoms with Gasteiger partial charge >= 0.3 is 0 Å². The van der Waals surface area contributed by atoms with Crippen molar-refractivity contribution in [2.75, 3.05) is 0 Å². The van der Waals surface area contributed by atoms with E-state index in [4.69, 9.17) is 11.6 Å². The molecule has 2 rings (SSSR count). The molecule has 2 heterocycles. The monoisotopic (exact) mass is 236 g/mol. The lowest BCUT2D eigenvalue weighted by Gasteiger charge is -2.03. The summed E-state index contributed by atoms with van der Waals surface area (Å²) in [7, 11) is 0. The number of halogens is 1. The van der Waals surface area contributed by atoms with Crippen LogP contribution in [-0.2, 0) is 6.54 Å². The lowest BCUT2D eigenvalue weighted by atomic mass is 10.2. The highest BCUT2D eigenvalue weighted by Crippen LogP contribution is 2.15. The van der Waals surface area contributed by atoms with E-state index in [1.165, 1.54) is 0 Å². The van der Waals surface area contributed by atoms with Gasteiger partial charge in [-0.05, 0) is 12.0 Å². The van der Waals surface area contributed by atoms with Gasteiger partial charge in [0, 0.05) is 18.9 Å². The van der Waals surface area contributed by atoms with Crippen LogP contribution in [0.3, 0.4) is 0 Å². The molecule has 0 aliphatic rings. The second kappa shape index (κ2) is 4.61. The van der Waals surface area contributed by atoms with E-state index < -0.39 is 0 Å². The van der Waals surface area contributed by atoms with E-state index in [0.29, 0.717) is 16.9 Å². The third-order valence-corrected chi connectivity index (χ3v) is 2.28. The highest BCUT2D eigenvalue weighted by molar-refractivity contribution is 6.29. The average molecular weight is 237 g/mol. The first kappa shape index (κ1) is 11.1. The fourth-order valence-electron chi connectivity index (χ4n) is 1.43. The van der Waals surface area contributed by atoms with Crippen molar-refractivity contribution in [2.24, 2.45) is 5.92 Å². The zero-order valence-electron chi connectivity index (χ0n) is 9.26. The minimum atomic E-state index is 0.446. The summed E-state index contributed by atoms with van der Waals surface area (Å²) in [5.74, 6) is 1.18. The quantitative estimate of drug-likeness (QED) is 0.770. The third-order valence-electron chi connectivity index (χ3n) is 2.07. The summed E-state index contributed by atoms with van der Waals surface area (Å²) in [5, 5.41) is 4.70. The minimum absolute atomic E-state index is 0.446. The fourth-order valence-corrected chi connectivity index (χ4v) is 1.57. The van der Waals surface area contributed by atoms with Crippen LogP contribution in [0.25, 0.3) is 11.4 Å². The standard InChI is InChI=1S/C11H13ClN4/c1-8(2)6-16-7-9(5-14-16)11-13-4-3-10(12)15-11/h3-5,7-8H,6H2,1-2H3. The SMILES string of the molecule is CC(C)Cn1cc(-c2nccc(Cl)n2)cn1. The predicted molar refractivity (Wildman–Crippen MR) is 63.1 cm³/mol. The summed E-state index contributed by atoms with van der Waals surface area (Å²) >= 11 is 5.81. The highest BCUT2D eigenvalue weighted by atomic mass is 35.5. The molecule has 5 heteroatoms. The van der Waals surface area contributed by atoms with Crippen molar-refractivity contribution in [3.8, 4) is 11.4 Å². The molecule has 0 radical (unpaired) electrons. The van der Waals surface area contributed by atoms with Crippen LogP contribution in [0.15, 0.2) is 24.7 Å². The largest absolute Gasteiger partial charge is 0.272 e. The first-order chi connectivity index (χ1) is 7.65. The molecule has 0 aliphatic heterocycles. The van der Waals surface area contributed by atoms with Gasteiger partial charge in [-0.3, -0.25) is 4.68 Å². The molecule has 0 aromatic carbocycles. The zero-order chi connectivity index (χ0) is 11.5. The molecule has 0 spiro atoms. The summed E-state index contributed by atoms with van der Waals surface area (Å²) in [6, 6.07) is 1.66. The Bertz CT molecular complexity index is 478. The van der Waals surface area contributed by atoms with Gasteiger partial charge in [0.1, 0.15) is 5.15 Å². The van der Waals surface area contributed by atoms with E-state index in [1.54, 1.807) is 18.5 Å². The van der Waals surface area contributed by atoms with Crippen molar-refractivity contribution in [1.29, 1.82) is 0 Å². The van der Waals surface area contributed by atoms with Crippen LogP contribution < -0.4 is 0 Å². The highest BCUT2D eigenvalue weighted by Gasteiger charge is 2.05. The van der Waals surface area contributed by atoms with Gasteiger partial charge in [-0.2, -0.15) is 5.10 Å². The summed E-state index contributed by atoms with van der Waals surface area (Å²) in [6.07, 6.45) is 5.34. The summed E-state index contributed by atoms with van der Waals surface area (Å²) in [6.45, 7) is 5.19. The van der Waals surface area contributed by atoms with Crippen LogP contribution in [0.1, 0.15) is 13.8 Å². The molecule has 0 saturated heterocycles. The molecule has 0 amide bonds. The van der Waals surface area contributed by atoms with Crippen LogP contribution in [0.2, 0.25) is 5.15 Å². The van der Waals surface area contributed by atoms with Crippen molar-refractivity contribution in [3.05, 3.63) is 29.8 Å². The Hall–Kier alpha value is -1.42. The van der Waals surface area contributed by atoms with Crippen LogP contribution in [-0.4, -0.2) is 19.7 Å². The molecule has 2 aromatic rings. The Balaban J connectivity index is 2.24. The van der Waals surface area contributed by atoms with Crippen molar-refractivity contribution < 1.29 is 0 Å². The minimum Gasteiger partial charge on any atom is -0.272 e. The molecule has 0 N–H and O–H groups in total. The van der Waals surface area contributed by atoms with Crippen LogP contribution in [0, 0.1) is 5.92 Å². The van der Waals surface area contributed by atoms with Crippen molar-refractivity contribution >= 4 is 11.6 Å². The number of aromatic nitrogens is 4. The second-order valence-electron chi connectivity index (χ2n) is 4.05. The van der Waals surface area contributed by atoms with Crippen LogP contribution in [0.5, 0.6) is 0 Å². The number of hydrogen-bond donors (Lipinski definition) is 0. The summed E-state index contributed by atoms with van der Waals surface area (Å²) < 4.78 is 1.89. The Morgan fingerprint density at radius 1 is 1.44 bits per heavy atom. The first-order valence-electron chi connectivity index (χ1n) is 5.16. The zero-order valence-corrected chi connectivity index (χ0v) is 10.0. The van der Waals surface area contributed by atoms with E-state index in [-0.39, 0.29) is 0 Å². The molecule has 0 aliphatic carbocycles. The van der Waals surface area contributed by atoms with E-state index >= 15 is 0 Å². The topological polar surface area (TPSA) is 43.6 Å². The molecular weight excluding hydrogens is 224 g/mol. The summed E-state index contributed by atoms with van der Waals surface area (Å²) in [5.41, 5.74) is 0.892. The maximum absolute atomic E-state index is 5.81. The Kier molecular flexibility index (Phi) is 3.19. The Morgan fingerprint density at radius 3 is 2.94 bits per heavy atom. The van der Waals surface area contributed by atoms with E-state index in [9.17, 15) is 0 Å². The predicted octanol–water partition coefficient (Wildman–Crippen LogP) is 2.65. The van der Waals surface area contributed by atoms with Gasteiger partial charge in [0.2, 0.25) is 0 Å². The molecule has 0 saturated carbocycles. The molecule has 2 aromatic heterocycles. The van der Waals surface area contributed by atoms with E-state index in [2.05, 4.69) is 28.9 Å². The van der Waals surface area contributed by atoms with Crippen molar-refractivity contribution in [3.63, 3.8) is 0 Å². The molecule has 0 bridgehead atoms. The van der Waals surface area contributed by atoms with Gasteiger partial charge in [-0.1, -0.05) is 25.4 Å². The van der Waals surface area contributed by atoms with Gasteiger partial charge in [0.05, 0.1) is 11.8 Å². The van der Waals surface area contributed by atoms with Crippen molar-refractivity contribution in [1.82, 2.24) is 19.7 Å². The number of rotatable bonds is 3.